The Morgan fingerprint density at radius 3 is 2.76 bits per heavy atom. The third kappa shape index (κ3) is 3.99. The van der Waals surface area contributed by atoms with E-state index in [2.05, 4.69) is 10.6 Å². The van der Waals surface area contributed by atoms with Gasteiger partial charge in [-0.15, -0.1) is 0 Å². The van der Waals surface area contributed by atoms with Gasteiger partial charge in [-0.05, 0) is 18.9 Å². The number of rotatable bonds is 4. The van der Waals surface area contributed by atoms with Gasteiger partial charge in [0.15, 0.2) is 0 Å². The molecule has 1 heterocycles. The molecular weight excluding hydrogens is 278 g/mol. The highest BCUT2D eigenvalue weighted by Gasteiger charge is 2.21. The Hall–Kier alpha value is -2.48. The number of amides is 2. The molecule has 21 heavy (non-hydrogen) atoms. The molecule has 1 atom stereocenters. The highest BCUT2D eigenvalue weighted by molar-refractivity contribution is 6.39. The SMILES string of the molecule is O=C(NC[C@@H]1CCCO1)C(=O)Nc1ccccc1[N+](=O)[O-]. The first-order valence-corrected chi connectivity index (χ1v) is 6.52. The minimum Gasteiger partial charge on any atom is -0.376 e. The summed E-state index contributed by atoms with van der Waals surface area (Å²) in [4.78, 5) is 33.5. The average Bonchev–Trinajstić information content (AvgIpc) is 2.98. The maximum Gasteiger partial charge on any atom is 0.313 e. The summed E-state index contributed by atoms with van der Waals surface area (Å²) in [5, 5.41) is 15.5. The van der Waals surface area contributed by atoms with Crippen molar-refractivity contribution in [3.63, 3.8) is 0 Å². The molecule has 1 aliphatic heterocycles. The molecule has 1 aliphatic rings. The summed E-state index contributed by atoms with van der Waals surface area (Å²) >= 11 is 0. The van der Waals surface area contributed by atoms with Crippen molar-refractivity contribution in [3.8, 4) is 0 Å². The second-order valence-corrected chi connectivity index (χ2v) is 4.57. The molecule has 8 heteroatoms. The van der Waals surface area contributed by atoms with Gasteiger partial charge in [0.05, 0.1) is 11.0 Å². The smallest absolute Gasteiger partial charge is 0.313 e. The number of hydrogen-bond donors (Lipinski definition) is 2. The fraction of sp³-hybridized carbons (Fsp3) is 0.385. The van der Waals surface area contributed by atoms with Crippen molar-refractivity contribution in [3.05, 3.63) is 34.4 Å². The van der Waals surface area contributed by atoms with E-state index in [9.17, 15) is 19.7 Å². The van der Waals surface area contributed by atoms with Gasteiger partial charge in [-0.1, -0.05) is 12.1 Å². The highest BCUT2D eigenvalue weighted by atomic mass is 16.6. The van der Waals surface area contributed by atoms with E-state index in [1.165, 1.54) is 24.3 Å². The Labute approximate surface area is 120 Å². The summed E-state index contributed by atoms with van der Waals surface area (Å²) in [6.07, 6.45) is 1.70. The zero-order valence-corrected chi connectivity index (χ0v) is 11.2. The lowest BCUT2D eigenvalue weighted by atomic mass is 10.2. The fourth-order valence-corrected chi connectivity index (χ4v) is 2.01. The van der Waals surface area contributed by atoms with Crippen LogP contribution in [-0.4, -0.2) is 36.0 Å². The molecule has 1 saturated heterocycles. The minimum absolute atomic E-state index is 0.0141. The maximum absolute atomic E-state index is 11.7. The van der Waals surface area contributed by atoms with Gasteiger partial charge in [0.2, 0.25) is 0 Å². The lowest BCUT2D eigenvalue weighted by Gasteiger charge is -2.10. The molecule has 0 bridgehead atoms. The van der Waals surface area contributed by atoms with Gasteiger partial charge in [0.1, 0.15) is 5.69 Å². The molecule has 0 unspecified atom stereocenters. The molecule has 2 rings (SSSR count). The van der Waals surface area contributed by atoms with Crippen molar-refractivity contribution in [1.29, 1.82) is 0 Å². The lowest BCUT2D eigenvalue weighted by Crippen LogP contribution is -2.39. The van der Waals surface area contributed by atoms with Crippen LogP contribution in [0.1, 0.15) is 12.8 Å². The molecule has 2 amide bonds. The zero-order chi connectivity index (χ0) is 15.2. The predicted molar refractivity (Wildman–Crippen MR) is 73.7 cm³/mol. The monoisotopic (exact) mass is 293 g/mol. The largest absolute Gasteiger partial charge is 0.376 e. The van der Waals surface area contributed by atoms with Gasteiger partial charge in [0.25, 0.3) is 5.69 Å². The van der Waals surface area contributed by atoms with E-state index >= 15 is 0 Å². The van der Waals surface area contributed by atoms with Crippen molar-refractivity contribution in [2.45, 2.75) is 18.9 Å². The summed E-state index contributed by atoms with van der Waals surface area (Å²) in [7, 11) is 0. The summed E-state index contributed by atoms with van der Waals surface area (Å²) in [5.74, 6) is -1.79. The van der Waals surface area contributed by atoms with Gasteiger partial charge in [-0.2, -0.15) is 0 Å². The van der Waals surface area contributed by atoms with E-state index in [1.54, 1.807) is 0 Å². The van der Waals surface area contributed by atoms with Crippen molar-refractivity contribution < 1.29 is 19.2 Å². The lowest BCUT2D eigenvalue weighted by molar-refractivity contribution is -0.383. The molecule has 1 aromatic rings. The molecule has 1 aromatic carbocycles. The number of nitro benzene ring substituents is 1. The van der Waals surface area contributed by atoms with Crippen LogP contribution in [0.3, 0.4) is 0 Å². The number of hydrogen-bond acceptors (Lipinski definition) is 5. The third-order valence-corrected chi connectivity index (χ3v) is 3.07. The van der Waals surface area contributed by atoms with Crippen LogP contribution in [-0.2, 0) is 14.3 Å². The van der Waals surface area contributed by atoms with Crippen molar-refractivity contribution >= 4 is 23.2 Å². The summed E-state index contributed by atoms with van der Waals surface area (Å²) in [6, 6.07) is 5.63. The Morgan fingerprint density at radius 2 is 2.10 bits per heavy atom. The molecule has 0 aliphatic carbocycles. The van der Waals surface area contributed by atoms with E-state index in [0.29, 0.717) is 6.61 Å². The van der Waals surface area contributed by atoms with E-state index in [0.717, 1.165) is 12.8 Å². The first kappa shape index (κ1) is 14.9. The van der Waals surface area contributed by atoms with Gasteiger partial charge in [0, 0.05) is 19.2 Å². The standard InChI is InChI=1S/C13H15N3O5/c17-12(14-8-9-4-3-7-21-9)13(18)15-10-5-1-2-6-11(10)16(19)20/h1-2,5-6,9H,3-4,7-8H2,(H,14,17)(H,15,18)/t9-/m0/s1. The van der Waals surface area contributed by atoms with Crippen molar-refractivity contribution in [2.75, 3.05) is 18.5 Å². The number of carbonyl (C=O) groups is 2. The van der Waals surface area contributed by atoms with E-state index in [4.69, 9.17) is 4.74 Å². The number of nitro groups is 1. The second kappa shape index (κ2) is 6.80. The summed E-state index contributed by atoms with van der Waals surface area (Å²) in [5.41, 5.74) is -0.280. The van der Waals surface area contributed by atoms with Crippen LogP contribution in [0.4, 0.5) is 11.4 Å². The number of benzene rings is 1. The fourth-order valence-electron chi connectivity index (χ4n) is 2.01. The van der Waals surface area contributed by atoms with Crippen LogP contribution in [0.2, 0.25) is 0 Å². The van der Waals surface area contributed by atoms with E-state index in [1.807, 2.05) is 0 Å². The van der Waals surface area contributed by atoms with Crippen LogP contribution in [0.15, 0.2) is 24.3 Å². The number of nitrogens with zero attached hydrogens (tertiary/aromatic N) is 1. The van der Waals surface area contributed by atoms with Crippen LogP contribution in [0.5, 0.6) is 0 Å². The van der Waals surface area contributed by atoms with Gasteiger partial charge in [-0.3, -0.25) is 19.7 Å². The number of anilines is 1. The number of para-hydroxylation sites is 2. The average molecular weight is 293 g/mol. The maximum atomic E-state index is 11.7. The molecule has 2 N–H and O–H groups in total. The quantitative estimate of drug-likeness (QED) is 0.485. The van der Waals surface area contributed by atoms with Crippen LogP contribution in [0, 0.1) is 10.1 Å². The minimum atomic E-state index is -0.942. The van der Waals surface area contributed by atoms with Crippen LogP contribution in [0.25, 0.3) is 0 Å². The first-order chi connectivity index (χ1) is 10.1. The Bertz CT molecular complexity index is 554. The van der Waals surface area contributed by atoms with Gasteiger partial charge < -0.3 is 15.4 Å². The topological polar surface area (TPSA) is 111 Å². The molecule has 0 spiro atoms. The molecule has 0 radical (unpaired) electrons. The van der Waals surface area contributed by atoms with E-state index < -0.39 is 16.7 Å². The molecule has 0 aromatic heterocycles. The van der Waals surface area contributed by atoms with E-state index in [-0.39, 0.29) is 24.0 Å². The third-order valence-electron chi connectivity index (χ3n) is 3.07. The number of ether oxygens (including phenoxy) is 1. The summed E-state index contributed by atoms with van der Waals surface area (Å²) in [6.45, 7) is 0.909. The highest BCUT2D eigenvalue weighted by Crippen LogP contribution is 2.22. The Kier molecular flexibility index (Phi) is 4.83. The predicted octanol–water partition coefficient (Wildman–Crippen LogP) is 0.828. The molecule has 112 valence electrons. The first-order valence-electron chi connectivity index (χ1n) is 6.52. The summed E-state index contributed by atoms with van der Waals surface area (Å²) < 4.78 is 5.32. The van der Waals surface area contributed by atoms with Gasteiger partial charge in [-0.25, -0.2) is 0 Å². The van der Waals surface area contributed by atoms with Crippen LogP contribution < -0.4 is 10.6 Å². The van der Waals surface area contributed by atoms with Crippen molar-refractivity contribution in [2.24, 2.45) is 0 Å². The number of carbonyl (C=O) groups excluding carboxylic acids is 2. The zero-order valence-electron chi connectivity index (χ0n) is 11.2. The van der Waals surface area contributed by atoms with Crippen LogP contribution >= 0.6 is 0 Å². The number of nitrogens with one attached hydrogen (secondary N) is 2. The van der Waals surface area contributed by atoms with Gasteiger partial charge >= 0.3 is 11.8 Å². The molecular formula is C13H15N3O5. The van der Waals surface area contributed by atoms with Crippen molar-refractivity contribution in [1.82, 2.24) is 5.32 Å². The second-order valence-electron chi connectivity index (χ2n) is 4.57. The molecule has 0 saturated carbocycles. The molecule has 8 nitrogen and oxygen atoms in total. The molecule has 1 fully saturated rings. The Balaban J connectivity index is 1.91. The normalized spacial score (nSPS) is 17.2. The Morgan fingerprint density at radius 1 is 1.33 bits per heavy atom.